The van der Waals surface area contributed by atoms with E-state index in [-0.39, 0.29) is 36.4 Å². The van der Waals surface area contributed by atoms with Gasteiger partial charge in [0, 0.05) is 42.5 Å². The number of carbonyl (C=O) groups is 2. The van der Waals surface area contributed by atoms with Gasteiger partial charge in [0.05, 0.1) is 18.7 Å². The average molecular weight is 351 g/mol. The van der Waals surface area contributed by atoms with E-state index in [1.54, 1.807) is 34.3 Å². The van der Waals surface area contributed by atoms with Crippen LogP contribution < -0.4 is 4.90 Å². The molecule has 1 aromatic heterocycles. The fourth-order valence-electron chi connectivity index (χ4n) is 4.26. The van der Waals surface area contributed by atoms with Crippen molar-refractivity contribution in [2.24, 2.45) is 0 Å². The summed E-state index contributed by atoms with van der Waals surface area (Å²) in [6, 6.07) is 10.9. The van der Waals surface area contributed by atoms with Crippen LogP contribution in [0.5, 0.6) is 0 Å². The first-order valence-corrected chi connectivity index (χ1v) is 8.90. The zero-order valence-corrected chi connectivity index (χ0v) is 14.6. The lowest BCUT2D eigenvalue weighted by molar-refractivity contribution is -0.149. The van der Waals surface area contributed by atoms with Gasteiger partial charge in [0.15, 0.2) is 0 Å². The zero-order valence-electron chi connectivity index (χ0n) is 14.6. The first-order valence-electron chi connectivity index (χ1n) is 8.90. The number of fused-ring (bicyclic) bond motifs is 3. The Bertz CT molecular complexity index is 839. The Labute approximate surface area is 152 Å². The highest BCUT2D eigenvalue weighted by Gasteiger charge is 2.54. The highest BCUT2D eigenvalue weighted by Crippen LogP contribution is 2.48. The van der Waals surface area contributed by atoms with Crippen LogP contribution in [0, 0.1) is 0 Å². The molecule has 2 aliphatic rings. The quantitative estimate of drug-likeness (QED) is 0.915. The predicted octanol–water partition coefficient (Wildman–Crippen LogP) is 1.81. The highest BCUT2D eigenvalue weighted by atomic mass is 16.3. The van der Waals surface area contributed by atoms with Crippen molar-refractivity contribution in [1.82, 2.24) is 9.88 Å². The molecule has 2 aromatic rings. The molecule has 0 unspecified atom stereocenters. The topological polar surface area (TPSA) is 73.7 Å². The predicted molar refractivity (Wildman–Crippen MR) is 96.9 cm³/mol. The Morgan fingerprint density at radius 1 is 1.19 bits per heavy atom. The number of rotatable bonds is 3. The van der Waals surface area contributed by atoms with E-state index in [1.165, 1.54) is 0 Å². The average Bonchev–Trinajstić information content (AvgIpc) is 2.68. The fourth-order valence-corrected chi connectivity index (χ4v) is 4.26. The number of hydrogen-bond donors (Lipinski definition) is 1. The maximum absolute atomic E-state index is 13.1. The number of pyridine rings is 1. The minimum atomic E-state index is -0.216. The summed E-state index contributed by atoms with van der Waals surface area (Å²) in [6.07, 6.45) is 3.59. The van der Waals surface area contributed by atoms with Gasteiger partial charge >= 0.3 is 0 Å². The van der Waals surface area contributed by atoms with E-state index < -0.39 is 0 Å². The van der Waals surface area contributed by atoms with Gasteiger partial charge in [0.2, 0.25) is 5.91 Å². The molecule has 1 saturated heterocycles. The first kappa shape index (κ1) is 16.7. The van der Waals surface area contributed by atoms with Crippen molar-refractivity contribution < 1.29 is 14.7 Å². The molecule has 4 rings (SSSR count). The summed E-state index contributed by atoms with van der Waals surface area (Å²) in [5, 5.41) is 9.84. The van der Waals surface area contributed by atoms with Crippen molar-refractivity contribution in [3.05, 3.63) is 59.9 Å². The first-order chi connectivity index (χ1) is 12.7. The van der Waals surface area contributed by atoms with Gasteiger partial charge in [-0.15, -0.1) is 0 Å². The summed E-state index contributed by atoms with van der Waals surface area (Å²) in [5.74, 6) is -0.0242. The van der Waals surface area contributed by atoms with Crippen LogP contribution in [0.25, 0.3) is 0 Å². The number of nitrogens with zero attached hydrogens (tertiary/aromatic N) is 3. The van der Waals surface area contributed by atoms with Crippen LogP contribution in [0.4, 0.5) is 5.69 Å². The summed E-state index contributed by atoms with van der Waals surface area (Å²) in [4.78, 5) is 32.9. The third kappa shape index (κ3) is 2.41. The number of anilines is 1. The monoisotopic (exact) mass is 351 g/mol. The zero-order chi connectivity index (χ0) is 18.3. The summed E-state index contributed by atoms with van der Waals surface area (Å²) in [6.45, 7) is 2.19. The number of carbonyl (C=O) groups excluding carboxylic acids is 2. The molecule has 0 spiro atoms. The van der Waals surface area contributed by atoms with Crippen LogP contribution in [0.2, 0.25) is 0 Å². The van der Waals surface area contributed by atoms with Crippen LogP contribution in [0.3, 0.4) is 0 Å². The molecule has 134 valence electrons. The van der Waals surface area contributed by atoms with E-state index >= 15 is 0 Å². The van der Waals surface area contributed by atoms with Crippen molar-refractivity contribution >= 4 is 17.5 Å². The summed E-state index contributed by atoms with van der Waals surface area (Å²) in [5.41, 5.74) is 2.45. The third-order valence-electron chi connectivity index (χ3n) is 5.45. The van der Waals surface area contributed by atoms with Crippen molar-refractivity contribution in [2.45, 2.75) is 31.3 Å². The van der Waals surface area contributed by atoms with Gasteiger partial charge in [-0.1, -0.05) is 25.1 Å². The van der Waals surface area contributed by atoms with Gasteiger partial charge in [-0.3, -0.25) is 14.6 Å². The second-order valence-electron chi connectivity index (χ2n) is 6.71. The van der Waals surface area contributed by atoms with Gasteiger partial charge in [-0.2, -0.15) is 0 Å². The number of aromatic nitrogens is 1. The normalized spacial score (nSPS) is 23.7. The van der Waals surface area contributed by atoms with Gasteiger partial charge < -0.3 is 14.9 Å². The Morgan fingerprint density at radius 3 is 2.62 bits per heavy atom. The molecule has 2 aliphatic heterocycles. The lowest BCUT2D eigenvalue weighted by Gasteiger charge is -2.59. The maximum Gasteiger partial charge on any atom is 0.258 e. The lowest BCUT2D eigenvalue weighted by Crippen LogP contribution is -2.70. The molecule has 1 N–H and O–H groups in total. The van der Waals surface area contributed by atoms with Crippen molar-refractivity contribution in [1.29, 1.82) is 0 Å². The molecule has 2 amide bonds. The van der Waals surface area contributed by atoms with E-state index in [1.807, 2.05) is 31.2 Å². The van der Waals surface area contributed by atoms with E-state index in [2.05, 4.69) is 4.98 Å². The molecule has 6 heteroatoms. The number of aliphatic hydroxyl groups is 1. The molecule has 0 saturated carbocycles. The number of aliphatic hydroxyl groups excluding tert-OH is 1. The van der Waals surface area contributed by atoms with E-state index in [0.29, 0.717) is 18.5 Å². The fraction of sp³-hybridized carbons (Fsp3) is 0.350. The van der Waals surface area contributed by atoms with Crippen molar-refractivity contribution in [2.75, 3.05) is 18.1 Å². The summed E-state index contributed by atoms with van der Waals surface area (Å²) in [7, 11) is 0. The van der Waals surface area contributed by atoms with E-state index in [0.717, 1.165) is 11.3 Å². The van der Waals surface area contributed by atoms with Gasteiger partial charge in [0.1, 0.15) is 0 Å². The molecule has 0 aliphatic carbocycles. The number of benzene rings is 1. The Hall–Kier alpha value is -2.73. The second kappa shape index (κ2) is 6.53. The Balaban J connectivity index is 1.75. The van der Waals surface area contributed by atoms with Gasteiger partial charge in [-0.25, -0.2) is 0 Å². The summed E-state index contributed by atoms with van der Waals surface area (Å²) < 4.78 is 0. The molecule has 0 bridgehead atoms. The second-order valence-corrected chi connectivity index (χ2v) is 6.71. The van der Waals surface area contributed by atoms with Gasteiger partial charge in [-0.05, 0) is 23.8 Å². The number of para-hydroxylation sites is 1. The molecule has 3 atom stereocenters. The standard InChI is InChI=1S/C20H21N3O3/c1-2-18(25)23-16-11-22(20(26)13-7-9-21-10-8-13)15-6-4-3-5-14(15)19(16)17(23)12-24/h3-10,16-17,19,24H,2,11-12H2,1H3/t16-,17+,19+/m1/s1. The largest absolute Gasteiger partial charge is 0.394 e. The number of likely N-dealkylation sites (tertiary alicyclic amines) is 1. The van der Waals surface area contributed by atoms with Crippen LogP contribution in [0.15, 0.2) is 48.8 Å². The van der Waals surface area contributed by atoms with Gasteiger partial charge in [0.25, 0.3) is 5.91 Å². The Morgan fingerprint density at radius 2 is 1.92 bits per heavy atom. The molecule has 6 nitrogen and oxygen atoms in total. The minimum absolute atomic E-state index is 0.0148. The third-order valence-corrected chi connectivity index (χ3v) is 5.45. The SMILES string of the molecule is CCC(=O)N1[C@@H]2CN(C(=O)c3ccncc3)c3ccccc3[C@@H]2[C@@H]1CO. The lowest BCUT2D eigenvalue weighted by atomic mass is 9.71. The summed E-state index contributed by atoms with van der Waals surface area (Å²) >= 11 is 0. The van der Waals surface area contributed by atoms with E-state index in [4.69, 9.17) is 0 Å². The number of amides is 2. The molecule has 1 aromatic carbocycles. The molecule has 1 fully saturated rings. The molecule has 0 radical (unpaired) electrons. The van der Waals surface area contributed by atoms with Crippen LogP contribution in [0.1, 0.15) is 35.2 Å². The van der Waals surface area contributed by atoms with Crippen LogP contribution in [-0.2, 0) is 4.79 Å². The highest BCUT2D eigenvalue weighted by molar-refractivity contribution is 6.07. The van der Waals surface area contributed by atoms with Crippen molar-refractivity contribution in [3.63, 3.8) is 0 Å². The van der Waals surface area contributed by atoms with Crippen LogP contribution in [-0.4, -0.2) is 52.0 Å². The number of hydrogen-bond acceptors (Lipinski definition) is 4. The molecule has 26 heavy (non-hydrogen) atoms. The smallest absolute Gasteiger partial charge is 0.258 e. The maximum atomic E-state index is 13.1. The molecular formula is C20H21N3O3. The minimum Gasteiger partial charge on any atom is -0.394 e. The van der Waals surface area contributed by atoms with Crippen molar-refractivity contribution in [3.8, 4) is 0 Å². The Kier molecular flexibility index (Phi) is 4.20. The molecular weight excluding hydrogens is 330 g/mol. The van der Waals surface area contributed by atoms with Crippen LogP contribution >= 0.6 is 0 Å². The molecule has 3 heterocycles. The van der Waals surface area contributed by atoms with E-state index in [9.17, 15) is 14.7 Å².